The fraction of sp³-hybridized carbons (Fsp3) is 0.471. The first-order valence-electron chi connectivity index (χ1n) is 7.84. The summed E-state index contributed by atoms with van der Waals surface area (Å²) in [4.78, 5) is 4.69. The van der Waals surface area contributed by atoms with Crippen LogP contribution in [-0.2, 0) is 6.54 Å². The lowest BCUT2D eigenvalue weighted by atomic mass is 10.1. The van der Waals surface area contributed by atoms with E-state index < -0.39 is 0 Å². The van der Waals surface area contributed by atoms with Crippen LogP contribution in [0, 0.1) is 0 Å². The van der Waals surface area contributed by atoms with Gasteiger partial charge in [-0.1, -0.05) is 35.5 Å². The normalized spacial score (nSPS) is 18.5. The number of aliphatic hydroxyl groups excluding tert-OH is 1. The summed E-state index contributed by atoms with van der Waals surface area (Å²) in [6, 6.07) is 12.1. The predicted molar refractivity (Wildman–Crippen MR) is 85.3 cm³/mol. The molecule has 2 aromatic rings. The summed E-state index contributed by atoms with van der Waals surface area (Å²) in [7, 11) is 0. The lowest BCUT2D eigenvalue weighted by Crippen LogP contribution is -2.47. The Labute approximate surface area is 131 Å². The molecule has 1 atom stereocenters. The molecule has 0 spiro atoms. The number of hydrogen-bond acceptors (Lipinski definition) is 5. The number of benzene rings is 1. The second-order valence-electron chi connectivity index (χ2n) is 5.97. The Morgan fingerprint density at radius 2 is 1.82 bits per heavy atom. The number of rotatable bonds is 5. The third kappa shape index (κ3) is 3.94. The van der Waals surface area contributed by atoms with Gasteiger partial charge in [0.15, 0.2) is 5.76 Å². The Kier molecular flexibility index (Phi) is 4.87. The van der Waals surface area contributed by atoms with Crippen LogP contribution in [0.5, 0.6) is 0 Å². The first kappa shape index (κ1) is 15.2. The van der Waals surface area contributed by atoms with Crippen molar-refractivity contribution in [3.63, 3.8) is 0 Å². The molecular weight excluding hydrogens is 278 g/mol. The van der Waals surface area contributed by atoms with E-state index >= 15 is 0 Å². The van der Waals surface area contributed by atoms with E-state index in [1.807, 2.05) is 43.3 Å². The molecule has 1 fully saturated rings. The van der Waals surface area contributed by atoms with Crippen molar-refractivity contribution in [3.05, 3.63) is 42.1 Å². The Morgan fingerprint density at radius 3 is 2.50 bits per heavy atom. The van der Waals surface area contributed by atoms with Crippen molar-refractivity contribution < 1.29 is 9.63 Å². The molecule has 1 unspecified atom stereocenters. The molecule has 1 aliphatic heterocycles. The van der Waals surface area contributed by atoms with Crippen molar-refractivity contribution in [2.75, 3.05) is 32.7 Å². The van der Waals surface area contributed by atoms with Crippen LogP contribution in [0.4, 0.5) is 0 Å². The lowest BCUT2D eigenvalue weighted by Gasteiger charge is -2.34. The smallest absolute Gasteiger partial charge is 0.167 e. The third-order valence-corrected chi connectivity index (χ3v) is 3.99. The zero-order valence-corrected chi connectivity index (χ0v) is 13.0. The van der Waals surface area contributed by atoms with Crippen LogP contribution in [-0.4, -0.2) is 58.9 Å². The highest BCUT2D eigenvalue weighted by molar-refractivity contribution is 5.56. The number of piperazine rings is 1. The Balaban J connectivity index is 1.54. The molecule has 22 heavy (non-hydrogen) atoms. The van der Waals surface area contributed by atoms with E-state index in [1.165, 1.54) is 0 Å². The topological polar surface area (TPSA) is 52.7 Å². The summed E-state index contributed by atoms with van der Waals surface area (Å²) in [5.74, 6) is 0.823. The lowest BCUT2D eigenvalue weighted by molar-refractivity contribution is 0.0772. The summed E-state index contributed by atoms with van der Waals surface area (Å²) in [6.07, 6.45) is -0.254. The van der Waals surface area contributed by atoms with Crippen molar-refractivity contribution in [1.82, 2.24) is 15.0 Å². The molecule has 1 aromatic heterocycles. The summed E-state index contributed by atoms with van der Waals surface area (Å²) >= 11 is 0. The van der Waals surface area contributed by atoms with Gasteiger partial charge in [-0.25, -0.2) is 0 Å². The van der Waals surface area contributed by atoms with Crippen LogP contribution in [0.25, 0.3) is 11.3 Å². The van der Waals surface area contributed by atoms with Crippen LogP contribution < -0.4 is 0 Å². The molecule has 0 radical (unpaired) electrons. The Morgan fingerprint density at radius 1 is 1.14 bits per heavy atom. The van der Waals surface area contributed by atoms with Crippen molar-refractivity contribution in [2.45, 2.75) is 19.6 Å². The second-order valence-corrected chi connectivity index (χ2v) is 5.97. The standard InChI is InChI=1S/C17H23N3O2/c1-14(21)12-19-7-9-20(10-8-19)13-16-11-17(22-18-16)15-5-3-2-4-6-15/h2-6,11,14,21H,7-10,12-13H2,1H3. The SMILES string of the molecule is CC(O)CN1CCN(Cc2cc(-c3ccccc3)on2)CC1. The van der Waals surface area contributed by atoms with Gasteiger partial charge in [-0.05, 0) is 6.92 Å². The minimum atomic E-state index is -0.254. The van der Waals surface area contributed by atoms with Crippen LogP contribution in [0.3, 0.4) is 0 Å². The molecule has 0 saturated carbocycles. The van der Waals surface area contributed by atoms with Gasteiger partial charge in [0.1, 0.15) is 0 Å². The summed E-state index contributed by atoms with van der Waals surface area (Å²) in [6.45, 7) is 7.41. The summed E-state index contributed by atoms with van der Waals surface area (Å²) < 4.78 is 5.45. The number of aromatic nitrogens is 1. The van der Waals surface area contributed by atoms with Gasteiger partial charge in [-0.15, -0.1) is 0 Å². The Bertz CT molecular complexity index is 575. The maximum absolute atomic E-state index is 9.44. The molecule has 0 bridgehead atoms. The molecule has 0 aliphatic carbocycles. The van der Waals surface area contributed by atoms with E-state index in [0.717, 1.165) is 56.3 Å². The van der Waals surface area contributed by atoms with Crippen LogP contribution >= 0.6 is 0 Å². The van der Waals surface area contributed by atoms with Gasteiger partial charge in [-0.3, -0.25) is 9.80 Å². The first-order chi connectivity index (χ1) is 10.7. The number of β-amino-alcohol motifs (C(OH)–C–C–N with tert-alkyl or cyclic N) is 1. The molecule has 1 aromatic carbocycles. The second kappa shape index (κ2) is 7.05. The molecule has 1 saturated heterocycles. The van der Waals surface area contributed by atoms with E-state index in [2.05, 4.69) is 15.0 Å². The molecule has 5 heteroatoms. The quantitative estimate of drug-likeness (QED) is 0.913. The zero-order valence-electron chi connectivity index (χ0n) is 13.0. The first-order valence-corrected chi connectivity index (χ1v) is 7.84. The van der Waals surface area contributed by atoms with E-state index in [4.69, 9.17) is 4.52 Å². The van der Waals surface area contributed by atoms with Crippen molar-refractivity contribution >= 4 is 0 Å². The number of hydrogen-bond donors (Lipinski definition) is 1. The van der Waals surface area contributed by atoms with Crippen molar-refractivity contribution in [1.29, 1.82) is 0 Å². The zero-order chi connectivity index (χ0) is 15.4. The monoisotopic (exact) mass is 301 g/mol. The maximum atomic E-state index is 9.44. The van der Waals surface area contributed by atoms with Crippen molar-refractivity contribution in [3.8, 4) is 11.3 Å². The van der Waals surface area contributed by atoms with E-state index in [9.17, 15) is 5.11 Å². The molecule has 0 amide bonds. The van der Waals surface area contributed by atoms with Crippen molar-refractivity contribution in [2.24, 2.45) is 0 Å². The molecule has 1 N–H and O–H groups in total. The van der Waals surface area contributed by atoms with Gasteiger partial charge >= 0.3 is 0 Å². The van der Waals surface area contributed by atoms with Crippen LogP contribution in [0.2, 0.25) is 0 Å². The van der Waals surface area contributed by atoms with Gasteiger partial charge in [0.2, 0.25) is 0 Å². The average Bonchev–Trinajstić information content (AvgIpc) is 2.98. The fourth-order valence-electron chi connectivity index (χ4n) is 2.86. The van der Waals surface area contributed by atoms with Gasteiger partial charge in [-0.2, -0.15) is 0 Å². The Hall–Kier alpha value is -1.69. The average molecular weight is 301 g/mol. The molecule has 3 rings (SSSR count). The molecular formula is C17H23N3O2. The predicted octanol–water partition coefficient (Wildman–Crippen LogP) is 1.84. The summed E-state index contributed by atoms with van der Waals surface area (Å²) in [5, 5.41) is 13.6. The molecule has 5 nitrogen and oxygen atoms in total. The van der Waals surface area contributed by atoms with Crippen LogP contribution in [0.1, 0.15) is 12.6 Å². The largest absolute Gasteiger partial charge is 0.392 e. The minimum absolute atomic E-state index is 0.254. The van der Waals surface area contributed by atoms with E-state index in [0.29, 0.717) is 0 Å². The maximum Gasteiger partial charge on any atom is 0.167 e. The summed E-state index contributed by atoms with van der Waals surface area (Å²) in [5.41, 5.74) is 2.03. The minimum Gasteiger partial charge on any atom is -0.392 e. The number of aliphatic hydroxyl groups is 1. The molecule has 1 aliphatic rings. The number of nitrogens with zero attached hydrogens (tertiary/aromatic N) is 3. The molecule has 118 valence electrons. The van der Waals surface area contributed by atoms with Gasteiger partial charge in [0, 0.05) is 50.9 Å². The highest BCUT2D eigenvalue weighted by Gasteiger charge is 2.19. The highest BCUT2D eigenvalue weighted by Crippen LogP contribution is 2.20. The van der Waals surface area contributed by atoms with Gasteiger partial charge in [0.05, 0.1) is 11.8 Å². The third-order valence-electron chi connectivity index (χ3n) is 3.99. The fourth-order valence-corrected chi connectivity index (χ4v) is 2.86. The van der Waals surface area contributed by atoms with Gasteiger partial charge < -0.3 is 9.63 Å². The van der Waals surface area contributed by atoms with Crippen LogP contribution in [0.15, 0.2) is 40.9 Å². The highest BCUT2D eigenvalue weighted by atomic mass is 16.5. The van der Waals surface area contributed by atoms with Gasteiger partial charge in [0.25, 0.3) is 0 Å². The molecule has 2 heterocycles. The van der Waals surface area contributed by atoms with E-state index in [-0.39, 0.29) is 6.10 Å². The van der Waals surface area contributed by atoms with E-state index in [1.54, 1.807) is 0 Å².